The number of fused-ring (bicyclic) bond motifs is 3. The van der Waals surface area contributed by atoms with E-state index in [1.807, 2.05) is 54.6 Å². The van der Waals surface area contributed by atoms with Gasteiger partial charge in [0.05, 0.1) is 17.7 Å². The number of hydrogen-bond acceptors (Lipinski definition) is 5. The van der Waals surface area contributed by atoms with Crippen LogP contribution in [0.2, 0.25) is 0 Å². The monoisotopic (exact) mass is 510 g/mol. The van der Waals surface area contributed by atoms with Crippen molar-refractivity contribution in [2.75, 3.05) is 18.6 Å². The summed E-state index contributed by atoms with van der Waals surface area (Å²) in [6, 6.07) is 38.5. The van der Waals surface area contributed by atoms with Crippen molar-refractivity contribution in [3.8, 4) is 23.1 Å². The molecule has 4 aromatic carbocycles. The van der Waals surface area contributed by atoms with Crippen LogP contribution in [0.15, 0.2) is 128 Å². The molecular weight excluding hydrogens is 484 g/mol. The predicted octanol–water partition coefficient (Wildman–Crippen LogP) is 7.94. The van der Waals surface area contributed by atoms with Crippen molar-refractivity contribution >= 4 is 33.3 Å². The number of para-hydroxylation sites is 2. The first-order valence-corrected chi connectivity index (χ1v) is 12.9. The Bertz CT molecular complexity index is 1770. The number of ether oxygens (including phenoxy) is 2. The highest BCUT2D eigenvalue weighted by molar-refractivity contribution is 6.10. The van der Waals surface area contributed by atoms with E-state index >= 15 is 0 Å². The van der Waals surface area contributed by atoms with Crippen LogP contribution < -0.4 is 14.4 Å². The fraction of sp³-hybridized carbons (Fsp3) is 0.0606. The highest BCUT2D eigenvalue weighted by Crippen LogP contribution is 2.36. The van der Waals surface area contributed by atoms with Crippen molar-refractivity contribution in [2.24, 2.45) is 0 Å². The molecule has 0 N–H and O–H groups in total. The summed E-state index contributed by atoms with van der Waals surface area (Å²) in [6.07, 6.45) is 3.91. The molecule has 0 amide bonds. The van der Waals surface area contributed by atoms with Crippen molar-refractivity contribution in [1.82, 2.24) is 14.5 Å². The maximum absolute atomic E-state index is 6.23. The molecule has 1 aliphatic heterocycles. The van der Waals surface area contributed by atoms with Gasteiger partial charge in [-0.2, -0.15) is 0 Å². The van der Waals surface area contributed by atoms with Gasteiger partial charge in [0.2, 0.25) is 5.88 Å². The van der Waals surface area contributed by atoms with E-state index in [4.69, 9.17) is 9.47 Å². The first kappa shape index (κ1) is 22.9. The van der Waals surface area contributed by atoms with Crippen molar-refractivity contribution in [1.29, 1.82) is 0 Å². The molecule has 6 nitrogen and oxygen atoms in total. The second kappa shape index (κ2) is 9.58. The third kappa shape index (κ3) is 4.32. The summed E-state index contributed by atoms with van der Waals surface area (Å²) in [5, 5.41) is 2.51. The molecule has 0 spiro atoms. The van der Waals surface area contributed by atoms with Gasteiger partial charge in [-0.05, 0) is 42.5 Å². The molecule has 6 aromatic rings. The lowest BCUT2D eigenvalue weighted by Crippen LogP contribution is -2.24. The van der Waals surface area contributed by atoms with Crippen LogP contribution in [-0.4, -0.2) is 28.2 Å². The van der Waals surface area contributed by atoms with Crippen LogP contribution >= 0.6 is 0 Å². The summed E-state index contributed by atoms with van der Waals surface area (Å²) in [5.41, 5.74) is 3.45. The van der Waals surface area contributed by atoms with Crippen LogP contribution in [0.3, 0.4) is 0 Å². The third-order valence-corrected chi connectivity index (χ3v) is 6.89. The molecule has 3 heterocycles. The average Bonchev–Trinajstić information content (AvgIpc) is 3.51. The number of hydrogen-bond donors (Lipinski definition) is 0. The number of anilines is 1. The Hall–Kier alpha value is -5.23. The lowest BCUT2D eigenvalue weighted by atomic mass is 10.2. The van der Waals surface area contributed by atoms with E-state index in [1.165, 1.54) is 21.8 Å². The van der Waals surface area contributed by atoms with Crippen LogP contribution in [0.1, 0.15) is 0 Å². The van der Waals surface area contributed by atoms with Gasteiger partial charge in [0.1, 0.15) is 23.1 Å². The lowest BCUT2D eigenvalue weighted by Gasteiger charge is -2.20. The van der Waals surface area contributed by atoms with Crippen LogP contribution in [0.4, 0.5) is 5.69 Å². The molecule has 0 radical (unpaired) electrons. The Balaban J connectivity index is 1.18. The zero-order valence-electron chi connectivity index (χ0n) is 21.4. The van der Waals surface area contributed by atoms with E-state index in [0.717, 1.165) is 23.9 Å². The minimum Gasteiger partial charge on any atom is -0.457 e. The molecule has 190 valence electrons. The van der Waals surface area contributed by atoms with Gasteiger partial charge in [0.15, 0.2) is 0 Å². The maximum Gasteiger partial charge on any atom is 0.219 e. The molecule has 7 rings (SSSR count). The van der Waals surface area contributed by atoms with E-state index < -0.39 is 0 Å². The van der Waals surface area contributed by atoms with Gasteiger partial charge >= 0.3 is 0 Å². The van der Waals surface area contributed by atoms with Gasteiger partial charge in [-0.25, -0.2) is 4.98 Å². The number of pyridine rings is 1. The normalized spacial score (nSPS) is 13.2. The maximum atomic E-state index is 6.23. The van der Waals surface area contributed by atoms with Gasteiger partial charge in [0, 0.05) is 54.1 Å². The van der Waals surface area contributed by atoms with Crippen LogP contribution in [0, 0.1) is 0 Å². The molecule has 0 saturated heterocycles. The van der Waals surface area contributed by atoms with Crippen molar-refractivity contribution in [3.05, 3.63) is 128 Å². The van der Waals surface area contributed by atoms with Crippen LogP contribution in [0.25, 0.3) is 27.6 Å². The number of aromatic nitrogens is 2. The first-order valence-electron chi connectivity index (χ1n) is 12.9. The Morgan fingerprint density at radius 3 is 2.00 bits per heavy atom. The summed E-state index contributed by atoms with van der Waals surface area (Å²) in [7, 11) is 2.13. The SMILES string of the molecule is CN1CN(c2cccc(Oc3cccc(Oc4ccccn4)c3)c2)C=C1n1c2ccccc2c2ccccc21. The molecule has 0 atom stereocenters. The minimum atomic E-state index is 0.542. The molecule has 0 unspecified atom stereocenters. The largest absolute Gasteiger partial charge is 0.457 e. The molecule has 6 heteroatoms. The van der Waals surface area contributed by atoms with E-state index in [1.54, 1.807) is 6.20 Å². The van der Waals surface area contributed by atoms with Crippen molar-refractivity contribution in [3.63, 3.8) is 0 Å². The van der Waals surface area contributed by atoms with Crippen LogP contribution in [-0.2, 0) is 0 Å². The highest BCUT2D eigenvalue weighted by Gasteiger charge is 2.23. The third-order valence-electron chi connectivity index (χ3n) is 6.89. The molecule has 0 bridgehead atoms. The lowest BCUT2D eigenvalue weighted by molar-refractivity contribution is 0.449. The second-order valence-electron chi connectivity index (χ2n) is 9.51. The first-order chi connectivity index (χ1) is 19.2. The summed E-state index contributed by atoms with van der Waals surface area (Å²) in [4.78, 5) is 8.74. The van der Waals surface area contributed by atoms with Gasteiger partial charge < -0.3 is 19.3 Å². The Morgan fingerprint density at radius 1 is 0.641 bits per heavy atom. The fourth-order valence-electron chi connectivity index (χ4n) is 5.12. The molecular formula is C33H26N4O2. The molecule has 0 fully saturated rings. The van der Waals surface area contributed by atoms with Crippen molar-refractivity contribution < 1.29 is 9.47 Å². The molecule has 1 aliphatic rings. The second-order valence-corrected chi connectivity index (χ2v) is 9.51. The Morgan fingerprint density at radius 2 is 1.28 bits per heavy atom. The summed E-state index contributed by atoms with van der Waals surface area (Å²) in [5.74, 6) is 3.78. The summed E-state index contributed by atoms with van der Waals surface area (Å²) < 4.78 is 14.4. The zero-order chi connectivity index (χ0) is 26.2. The van der Waals surface area contributed by atoms with Crippen LogP contribution in [0.5, 0.6) is 23.1 Å². The smallest absolute Gasteiger partial charge is 0.219 e. The van der Waals surface area contributed by atoms with E-state index in [-0.39, 0.29) is 0 Å². The molecule has 0 saturated carbocycles. The highest BCUT2D eigenvalue weighted by atomic mass is 16.5. The van der Waals surface area contributed by atoms with E-state index in [0.29, 0.717) is 17.4 Å². The van der Waals surface area contributed by atoms with E-state index in [2.05, 4.69) is 93.3 Å². The molecule has 2 aromatic heterocycles. The van der Waals surface area contributed by atoms with Crippen molar-refractivity contribution in [2.45, 2.75) is 0 Å². The topological polar surface area (TPSA) is 42.8 Å². The number of benzene rings is 4. The van der Waals surface area contributed by atoms with Gasteiger partial charge in [-0.1, -0.05) is 54.6 Å². The number of nitrogens with zero attached hydrogens (tertiary/aromatic N) is 4. The summed E-state index contributed by atoms with van der Waals surface area (Å²) in [6.45, 7) is 0.729. The number of rotatable bonds is 6. The predicted molar refractivity (Wildman–Crippen MR) is 156 cm³/mol. The zero-order valence-corrected chi connectivity index (χ0v) is 21.4. The molecule has 39 heavy (non-hydrogen) atoms. The van der Waals surface area contributed by atoms with Gasteiger partial charge in [0.25, 0.3) is 0 Å². The summed E-state index contributed by atoms with van der Waals surface area (Å²) >= 11 is 0. The fourth-order valence-corrected chi connectivity index (χ4v) is 5.12. The quantitative estimate of drug-likeness (QED) is 0.228. The minimum absolute atomic E-state index is 0.542. The Kier molecular flexibility index (Phi) is 5.63. The average molecular weight is 511 g/mol. The van der Waals surface area contributed by atoms with Gasteiger partial charge in [-0.15, -0.1) is 0 Å². The Labute approximate surface area is 226 Å². The molecule has 0 aliphatic carbocycles. The van der Waals surface area contributed by atoms with E-state index in [9.17, 15) is 0 Å². The standard InChI is InChI=1S/C33H26N4O2/c1-35-23-36(22-33(35)37-30-16-4-2-14-28(30)29-15-3-5-17-31(29)37)24-10-8-11-25(20-24)38-26-12-9-13-27(21-26)39-32-18-6-7-19-34-32/h2-22H,23H2,1H3. The van der Waals surface area contributed by atoms with Gasteiger partial charge in [-0.3, -0.25) is 4.57 Å².